The van der Waals surface area contributed by atoms with Crippen molar-refractivity contribution >= 4 is 11.9 Å². The van der Waals surface area contributed by atoms with Gasteiger partial charge in [-0.1, -0.05) is 0 Å². The molecule has 3 atom stereocenters. The first kappa shape index (κ1) is 21.4. The average molecular weight is 466 g/mol. The van der Waals surface area contributed by atoms with Gasteiger partial charge >= 0.3 is 5.97 Å². The minimum Gasteiger partial charge on any atom is -0.456 e. The van der Waals surface area contributed by atoms with Crippen LogP contribution in [-0.2, 0) is 14.3 Å². The highest BCUT2D eigenvalue weighted by Gasteiger charge is 2.56. The summed E-state index contributed by atoms with van der Waals surface area (Å²) < 4.78 is 6.65. The van der Waals surface area contributed by atoms with Gasteiger partial charge in [-0.05, 0) is 61.6 Å². The quantitative estimate of drug-likeness (QED) is 0.637. The van der Waals surface area contributed by atoms with E-state index in [-0.39, 0.29) is 36.0 Å². The van der Waals surface area contributed by atoms with Gasteiger partial charge in [0.2, 0.25) is 5.91 Å². The molecule has 6 rings (SSSR count). The molecule has 1 spiro atoms. The van der Waals surface area contributed by atoms with E-state index in [1.807, 2.05) is 6.07 Å². The molecule has 0 aromatic carbocycles. The number of nitrogens with zero attached hydrogens (tertiary/aromatic N) is 7. The molecule has 0 saturated carbocycles. The summed E-state index contributed by atoms with van der Waals surface area (Å²) in [5, 5.41) is 22.0. The molecule has 34 heavy (non-hydrogen) atoms. The summed E-state index contributed by atoms with van der Waals surface area (Å²) in [4.78, 5) is 33.9. The third kappa shape index (κ3) is 3.33. The second-order valence-corrected chi connectivity index (χ2v) is 9.84. The lowest BCUT2D eigenvalue weighted by atomic mass is 9.73. The molecule has 3 fully saturated rings. The smallest absolute Gasteiger partial charge is 0.336 e. The van der Waals surface area contributed by atoms with Gasteiger partial charge in [0.05, 0.1) is 34.3 Å². The van der Waals surface area contributed by atoms with Crippen molar-refractivity contribution in [3.63, 3.8) is 0 Å². The topological polar surface area (TPSA) is 127 Å². The number of cyclic esters (lactones) is 1. The van der Waals surface area contributed by atoms with Crippen LogP contribution in [0.3, 0.4) is 0 Å². The van der Waals surface area contributed by atoms with Crippen molar-refractivity contribution in [3.05, 3.63) is 41.6 Å². The molecule has 178 valence electrons. The Labute approximate surface area is 196 Å². The van der Waals surface area contributed by atoms with Gasteiger partial charge in [-0.25, -0.2) is 4.79 Å². The molecule has 2 aromatic heterocycles. The molecule has 11 heteroatoms. The molecular formula is C23H27N7O4. The lowest BCUT2D eigenvalue weighted by molar-refractivity contribution is -0.140. The number of esters is 1. The van der Waals surface area contributed by atoms with E-state index in [0.29, 0.717) is 24.4 Å². The van der Waals surface area contributed by atoms with Crippen LogP contribution >= 0.6 is 0 Å². The van der Waals surface area contributed by atoms with Crippen LogP contribution < -0.4 is 0 Å². The summed E-state index contributed by atoms with van der Waals surface area (Å²) in [7, 11) is 0. The number of ether oxygens (including phenoxy) is 1. The van der Waals surface area contributed by atoms with Crippen LogP contribution in [0.1, 0.15) is 50.8 Å². The number of fused-ring (bicyclic) bond motifs is 2. The van der Waals surface area contributed by atoms with E-state index in [9.17, 15) is 14.7 Å². The summed E-state index contributed by atoms with van der Waals surface area (Å²) >= 11 is 0. The van der Waals surface area contributed by atoms with E-state index < -0.39 is 6.10 Å². The molecule has 2 bridgehead atoms. The highest BCUT2D eigenvalue weighted by atomic mass is 16.5. The van der Waals surface area contributed by atoms with Crippen LogP contribution in [0.25, 0.3) is 5.69 Å². The number of aromatic nitrogens is 5. The molecule has 0 aliphatic carbocycles. The lowest BCUT2D eigenvalue weighted by Crippen LogP contribution is -2.51. The number of carbonyl (C=O) groups is 2. The highest BCUT2D eigenvalue weighted by Crippen LogP contribution is 2.52. The monoisotopic (exact) mass is 465 g/mol. The molecule has 1 amide bonds. The lowest BCUT2D eigenvalue weighted by Gasteiger charge is -2.44. The first-order chi connectivity index (χ1) is 16.4. The largest absolute Gasteiger partial charge is 0.456 e. The predicted octanol–water partition coefficient (Wildman–Crippen LogP) is 0.767. The first-order valence-electron chi connectivity index (χ1n) is 11.8. The SMILES string of the molecule is CC1=C(N2CCC3(CC4CCC(C3)N4C[C@H](O)c3ccc(-n4cnnn4)cn3)C2=O)COC1=O. The Balaban J connectivity index is 1.14. The van der Waals surface area contributed by atoms with Gasteiger partial charge in [0.1, 0.15) is 19.0 Å². The molecule has 1 N–H and O–H groups in total. The van der Waals surface area contributed by atoms with Crippen molar-refractivity contribution in [2.75, 3.05) is 19.7 Å². The zero-order chi connectivity index (χ0) is 23.4. The van der Waals surface area contributed by atoms with E-state index in [2.05, 4.69) is 25.4 Å². The Kier molecular flexibility index (Phi) is 4.99. The normalized spacial score (nSPS) is 30.0. The Bertz CT molecular complexity index is 1130. The van der Waals surface area contributed by atoms with Crippen LogP contribution in [0.15, 0.2) is 35.9 Å². The zero-order valence-corrected chi connectivity index (χ0v) is 19.0. The summed E-state index contributed by atoms with van der Waals surface area (Å²) in [6.07, 6.45) is 6.87. The predicted molar refractivity (Wildman–Crippen MR) is 117 cm³/mol. The number of hydrogen-bond donors (Lipinski definition) is 1. The van der Waals surface area contributed by atoms with E-state index >= 15 is 0 Å². The number of amides is 1. The Morgan fingerprint density at radius 1 is 1.24 bits per heavy atom. The van der Waals surface area contributed by atoms with E-state index in [4.69, 9.17) is 4.74 Å². The fourth-order valence-corrected chi connectivity index (χ4v) is 6.25. The van der Waals surface area contributed by atoms with Gasteiger partial charge in [0, 0.05) is 25.2 Å². The fraction of sp³-hybridized carbons (Fsp3) is 0.565. The second-order valence-electron chi connectivity index (χ2n) is 9.84. The van der Waals surface area contributed by atoms with E-state index in [1.54, 1.807) is 24.1 Å². The molecule has 2 aromatic rings. The molecule has 4 aliphatic rings. The molecule has 11 nitrogen and oxygen atoms in total. The minimum absolute atomic E-state index is 0.136. The Hall–Kier alpha value is -3.18. The van der Waals surface area contributed by atoms with Gasteiger partial charge < -0.3 is 14.7 Å². The zero-order valence-electron chi connectivity index (χ0n) is 19.0. The summed E-state index contributed by atoms with van der Waals surface area (Å²) in [5.74, 6) is -0.190. The van der Waals surface area contributed by atoms with Gasteiger partial charge in [-0.15, -0.1) is 5.10 Å². The van der Waals surface area contributed by atoms with Gasteiger partial charge in [-0.2, -0.15) is 4.68 Å². The fourth-order valence-electron chi connectivity index (χ4n) is 6.25. The average Bonchev–Trinajstić information content (AvgIpc) is 3.60. The molecule has 6 heterocycles. The van der Waals surface area contributed by atoms with Crippen LogP contribution in [0.2, 0.25) is 0 Å². The van der Waals surface area contributed by atoms with Gasteiger partial charge in [-0.3, -0.25) is 14.7 Å². The molecule has 0 radical (unpaired) electrons. The first-order valence-corrected chi connectivity index (χ1v) is 11.8. The number of piperidine rings is 1. The number of tetrazole rings is 1. The molecule has 3 saturated heterocycles. The number of aliphatic hydroxyl groups excluding tert-OH is 1. The number of rotatable bonds is 5. The van der Waals surface area contributed by atoms with Crippen molar-refractivity contribution in [3.8, 4) is 5.69 Å². The van der Waals surface area contributed by atoms with Gasteiger partial charge in [0.25, 0.3) is 0 Å². The van der Waals surface area contributed by atoms with Crippen LogP contribution in [0.4, 0.5) is 0 Å². The number of pyridine rings is 1. The van der Waals surface area contributed by atoms with Crippen molar-refractivity contribution < 1.29 is 19.4 Å². The second kappa shape index (κ2) is 7.95. The summed E-state index contributed by atoms with van der Waals surface area (Å²) in [6, 6.07) is 4.15. The highest BCUT2D eigenvalue weighted by molar-refractivity contribution is 5.94. The molecule has 2 unspecified atom stereocenters. The molecule has 4 aliphatic heterocycles. The Morgan fingerprint density at radius 2 is 2.03 bits per heavy atom. The van der Waals surface area contributed by atoms with Gasteiger partial charge in [0.15, 0.2) is 0 Å². The Morgan fingerprint density at radius 3 is 2.65 bits per heavy atom. The number of carbonyl (C=O) groups excluding carboxylic acids is 2. The third-order valence-electron chi connectivity index (χ3n) is 8.05. The van der Waals surface area contributed by atoms with Crippen molar-refractivity contribution in [2.45, 2.75) is 57.2 Å². The van der Waals surface area contributed by atoms with E-state index in [1.165, 1.54) is 11.0 Å². The minimum atomic E-state index is -0.717. The van der Waals surface area contributed by atoms with Crippen molar-refractivity contribution in [1.29, 1.82) is 0 Å². The van der Waals surface area contributed by atoms with Crippen LogP contribution in [-0.4, -0.2) is 83.8 Å². The van der Waals surface area contributed by atoms with E-state index in [0.717, 1.165) is 43.5 Å². The number of aliphatic hydroxyl groups is 1. The standard InChI is InChI=1S/C23H27N7O4/c1-14-19(12-34-21(14)32)28-7-6-23(22(28)33)8-15-2-3-16(9-23)29(15)11-20(31)18-5-4-17(10-24-18)30-13-25-26-27-30/h4-5,10,13,15-16,20,31H,2-3,6-9,11-12H2,1H3/t15?,16?,20-,23?/m0/s1. The maximum atomic E-state index is 13.6. The number of likely N-dealkylation sites (tertiary alicyclic amines) is 1. The summed E-state index contributed by atoms with van der Waals surface area (Å²) in [5.41, 5.74) is 2.23. The number of hydrogen-bond acceptors (Lipinski definition) is 9. The van der Waals surface area contributed by atoms with Crippen LogP contribution in [0.5, 0.6) is 0 Å². The van der Waals surface area contributed by atoms with Crippen molar-refractivity contribution in [1.82, 2.24) is 35.0 Å². The molecular weight excluding hydrogens is 438 g/mol. The van der Waals surface area contributed by atoms with Crippen molar-refractivity contribution in [2.24, 2.45) is 5.41 Å². The third-order valence-corrected chi connectivity index (χ3v) is 8.05. The summed E-state index contributed by atoms with van der Waals surface area (Å²) in [6.45, 7) is 3.06. The van der Waals surface area contributed by atoms with Crippen LogP contribution in [0, 0.1) is 5.41 Å². The maximum Gasteiger partial charge on any atom is 0.336 e. The maximum absolute atomic E-state index is 13.6.